The number of anilines is 1. The Labute approximate surface area is 167 Å². The summed E-state index contributed by atoms with van der Waals surface area (Å²) in [6.07, 6.45) is 3.14. The zero-order valence-electron chi connectivity index (χ0n) is 16.0. The average molecular weight is 401 g/mol. The van der Waals surface area contributed by atoms with Crippen molar-refractivity contribution in [1.29, 1.82) is 0 Å². The standard InChI is InChI=1S/C18H23N7O4/c26-15(24-7-9-29-10-8-24)12-23-3-5-25(6-4-23)17-19-2-1-13(20-17)11-14-16(27)22-18(28)21-14/h1-2,11H,3-10,12H2,(H2,21,22,27,28)/b14-11+. The number of urea groups is 1. The Bertz CT molecular complexity index is 829. The summed E-state index contributed by atoms with van der Waals surface area (Å²) in [7, 11) is 0. The van der Waals surface area contributed by atoms with Gasteiger partial charge in [0.05, 0.1) is 25.5 Å². The number of nitrogens with zero attached hydrogens (tertiary/aromatic N) is 5. The molecule has 0 bridgehead atoms. The van der Waals surface area contributed by atoms with E-state index < -0.39 is 11.9 Å². The molecule has 0 aromatic carbocycles. The van der Waals surface area contributed by atoms with Gasteiger partial charge in [-0.05, 0) is 12.1 Å². The van der Waals surface area contributed by atoms with Gasteiger partial charge in [0.2, 0.25) is 11.9 Å². The molecule has 4 heterocycles. The van der Waals surface area contributed by atoms with Gasteiger partial charge in [-0.1, -0.05) is 0 Å². The number of rotatable bonds is 4. The van der Waals surface area contributed by atoms with Gasteiger partial charge in [0.15, 0.2) is 0 Å². The van der Waals surface area contributed by atoms with Gasteiger partial charge in [0, 0.05) is 45.5 Å². The number of hydrogen-bond donors (Lipinski definition) is 2. The number of hydrogen-bond acceptors (Lipinski definition) is 8. The first kappa shape index (κ1) is 19.3. The second-order valence-electron chi connectivity index (χ2n) is 7.00. The second kappa shape index (κ2) is 8.53. The molecule has 3 saturated heterocycles. The van der Waals surface area contributed by atoms with Gasteiger partial charge in [-0.25, -0.2) is 14.8 Å². The zero-order chi connectivity index (χ0) is 20.2. The van der Waals surface area contributed by atoms with E-state index in [0.717, 1.165) is 13.1 Å². The summed E-state index contributed by atoms with van der Waals surface area (Å²) in [4.78, 5) is 50.1. The monoisotopic (exact) mass is 401 g/mol. The highest BCUT2D eigenvalue weighted by Gasteiger charge is 2.25. The Hall–Kier alpha value is -3.05. The molecular formula is C18H23N7O4. The van der Waals surface area contributed by atoms with Crippen LogP contribution in [0.2, 0.25) is 0 Å². The molecule has 0 atom stereocenters. The number of piperazine rings is 1. The highest BCUT2D eigenvalue weighted by Crippen LogP contribution is 2.14. The number of amides is 4. The highest BCUT2D eigenvalue weighted by molar-refractivity contribution is 6.13. The number of nitrogens with one attached hydrogen (secondary N) is 2. The van der Waals surface area contributed by atoms with E-state index in [1.54, 1.807) is 12.3 Å². The molecule has 1 aromatic rings. The third-order valence-electron chi connectivity index (χ3n) is 5.05. The Balaban J connectivity index is 1.33. The van der Waals surface area contributed by atoms with Crippen molar-refractivity contribution in [3.8, 4) is 0 Å². The molecule has 4 amide bonds. The van der Waals surface area contributed by atoms with Crippen LogP contribution < -0.4 is 15.5 Å². The Morgan fingerprint density at radius 1 is 1.10 bits per heavy atom. The van der Waals surface area contributed by atoms with E-state index in [2.05, 4.69) is 25.5 Å². The number of morpholine rings is 1. The van der Waals surface area contributed by atoms with Gasteiger partial charge in [0.1, 0.15) is 5.70 Å². The molecule has 1 aromatic heterocycles. The molecular weight excluding hydrogens is 378 g/mol. The molecule has 11 heteroatoms. The van der Waals surface area contributed by atoms with Crippen molar-refractivity contribution in [2.75, 3.05) is 63.9 Å². The first-order valence-electron chi connectivity index (χ1n) is 9.58. The smallest absolute Gasteiger partial charge is 0.326 e. The second-order valence-corrected chi connectivity index (χ2v) is 7.00. The van der Waals surface area contributed by atoms with Crippen LogP contribution in [-0.2, 0) is 14.3 Å². The number of carbonyl (C=O) groups is 3. The summed E-state index contributed by atoms with van der Waals surface area (Å²) >= 11 is 0. The summed E-state index contributed by atoms with van der Waals surface area (Å²) in [6.45, 7) is 5.83. The Morgan fingerprint density at radius 2 is 1.86 bits per heavy atom. The van der Waals surface area contributed by atoms with Crippen molar-refractivity contribution < 1.29 is 19.1 Å². The maximum Gasteiger partial charge on any atom is 0.326 e. The fourth-order valence-corrected chi connectivity index (χ4v) is 3.43. The van der Waals surface area contributed by atoms with E-state index >= 15 is 0 Å². The summed E-state index contributed by atoms with van der Waals surface area (Å²) in [6, 6.07) is 1.13. The third kappa shape index (κ3) is 4.69. The minimum atomic E-state index is -0.543. The molecule has 3 fully saturated rings. The maximum absolute atomic E-state index is 12.4. The predicted molar refractivity (Wildman–Crippen MR) is 103 cm³/mol. The van der Waals surface area contributed by atoms with Gasteiger partial charge in [-0.15, -0.1) is 0 Å². The summed E-state index contributed by atoms with van der Waals surface area (Å²) < 4.78 is 5.29. The summed E-state index contributed by atoms with van der Waals surface area (Å²) in [5.41, 5.74) is 0.693. The lowest BCUT2D eigenvalue weighted by atomic mass is 10.3. The van der Waals surface area contributed by atoms with Crippen molar-refractivity contribution in [3.63, 3.8) is 0 Å². The molecule has 4 rings (SSSR count). The van der Waals surface area contributed by atoms with Gasteiger partial charge in [-0.3, -0.25) is 19.8 Å². The van der Waals surface area contributed by atoms with Crippen LogP contribution in [0.5, 0.6) is 0 Å². The van der Waals surface area contributed by atoms with Crippen LogP contribution in [0.3, 0.4) is 0 Å². The van der Waals surface area contributed by atoms with Gasteiger partial charge in [0.25, 0.3) is 5.91 Å². The normalized spacial score (nSPS) is 22.0. The quantitative estimate of drug-likeness (QED) is 0.469. The topological polar surface area (TPSA) is 120 Å². The van der Waals surface area contributed by atoms with Crippen LogP contribution in [0.4, 0.5) is 10.7 Å². The maximum atomic E-state index is 12.4. The van der Waals surface area contributed by atoms with E-state index in [1.165, 1.54) is 6.08 Å². The van der Waals surface area contributed by atoms with Gasteiger partial charge >= 0.3 is 6.03 Å². The molecule has 0 radical (unpaired) electrons. The summed E-state index contributed by atoms with van der Waals surface area (Å²) in [5, 5.41) is 4.59. The van der Waals surface area contributed by atoms with Crippen LogP contribution in [-0.4, -0.2) is 96.6 Å². The van der Waals surface area contributed by atoms with Crippen LogP contribution in [0.15, 0.2) is 18.0 Å². The van der Waals surface area contributed by atoms with E-state index in [4.69, 9.17) is 4.74 Å². The minimum Gasteiger partial charge on any atom is -0.378 e. The van der Waals surface area contributed by atoms with E-state index in [-0.39, 0.29) is 11.6 Å². The van der Waals surface area contributed by atoms with Crippen LogP contribution in [0.1, 0.15) is 5.69 Å². The molecule has 0 aliphatic carbocycles. The molecule has 29 heavy (non-hydrogen) atoms. The zero-order valence-corrected chi connectivity index (χ0v) is 16.0. The van der Waals surface area contributed by atoms with Gasteiger partial charge in [-0.2, -0.15) is 0 Å². The molecule has 2 N–H and O–H groups in total. The lowest BCUT2D eigenvalue weighted by Gasteiger charge is -2.36. The van der Waals surface area contributed by atoms with Crippen molar-refractivity contribution in [3.05, 3.63) is 23.7 Å². The average Bonchev–Trinajstić information content (AvgIpc) is 3.06. The Morgan fingerprint density at radius 3 is 2.55 bits per heavy atom. The SMILES string of the molecule is O=C1NC(=O)/C(=C\c2ccnc(N3CCN(CC(=O)N4CCOCC4)CC3)n2)N1. The number of imide groups is 1. The van der Waals surface area contributed by atoms with Crippen molar-refractivity contribution in [2.45, 2.75) is 0 Å². The van der Waals surface area contributed by atoms with Crippen molar-refractivity contribution >= 4 is 29.9 Å². The van der Waals surface area contributed by atoms with Crippen LogP contribution in [0, 0.1) is 0 Å². The highest BCUT2D eigenvalue weighted by atomic mass is 16.5. The van der Waals surface area contributed by atoms with Crippen molar-refractivity contribution in [1.82, 2.24) is 30.4 Å². The number of aromatic nitrogens is 2. The largest absolute Gasteiger partial charge is 0.378 e. The molecule has 0 spiro atoms. The lowest BCUT2D eigenvalue weighted by Crippen LogP contribution is -2.51. The summed E-state index contributed by atoms with van der Waals surface area (Å²) in [5.74, 6) is 0.223. The minimum absolute atomic E-state index is 0.142. The first-order valence-corrected chi connectivity index (χ1v) is 9.58. The number of ether oxygens (including phenoxy) is 1. The fourth-order valence-electron chi connectivity index (χ4n) is 3.43. The molecule has 0 saturated carbocycles. The van der Waals surface area contributed by atoms with E-state index in [9.17, 15) is 14.4 Å². The molecule has 11 nitrogen and oxygen atoms in total. The molecule has 154 valence electrons. The van der Waals surface area contributed by atoms with Gasteiger partial charge < -0.3 is 19.9 Å². The fraction of sp³-hybridized carbons (Fsp3) is 0.500. The Kier molecular flexibility index (Phi) is 5.67. The van der Waals surface area contributed by atoms with Crippen molar-refractivity contribution in [2.24, 2.45) is 0 Å². The molecule has 3 aliphatic rings. The molecule has 3 aliphatic heterocycles. The van der Waals surface area contributed by atoms with E-state index in [0.29, 0.717) is 57.6 Å². The lowest BCUT2D eigenvalue weighted by molar-refractivity contribution is -0.136. The van der Waals surface area contributed by atoms with E-state index in [1.807, 2.05) is 9.80 Å². The number of carbonyl (C=O) groups excluding carboxylic acids is 3. The predicted octanol–water partition coefficient (Wildman–Crippen LogP) is -1.36. The third-order valence-corrected chi connectivity index (χ3v) is 5.05. The first-order chi connectivity index (χ1) is 14.1. The van der Waals surface area contributed by atoms with Crippen LogP contribution >= 0.6 is 0 Å². The molecule has 0 unspecified atom stereocenters. The van der Waals surface area contributed by atoms with Crippen LogP contribution in [0.25, 0.3) is 6.08 Å².